The van der Waals surface area contributed by atoms with E-state index in [1.165, 1.54) is 16.2 Å². The molecule has 2 aliphatic rings. The highest BCUT2D eigenvalue weighted by molar-refractivity contribution is 7.17. The van der Waals surface area contributed by atoms with Crippen molar-refractivity contribution in [1.82, 2.24) is 14.8 Å². The molecule has 148 valence electrons. The molecule has 0 saturated carbocycles. The quantitative estimate of drug-likeness (QED) is 0.698. The highest BCUT2D eigenvalue weighted by Crippen LogP contribution is 2.38. The van der Waals surface area contributed by atoms with E-state index in [-0.39, 0.29) is 30.7 Å². The van der Waals surface area contributed by atoms with Gasteiger partial charge in [0.05, 0.1) is 18.7 Å². The number of hydrogen-bond donors (Lipinski definition) is 1. The maximum atomic E-state index is 12.8. The molecule has 29 heavy (non-hydrogen) atoms. The molecule has 2 aromatic heterocycles. The van der Waals surface area contributed by atoms with Crippen LogP contribution in [0.4, 0.5) is 5.00 Å². The van der Waals surface area contributed by atoms with Gasteiger partial charge in [0.2, 0.25) is 17.7 Å². The first-order chi connectivity index (χ1) is 14.0. The molecule has 4 heterocycles. The number of rotatable bonds is 2. The Balaban J connectivity index is 1.37. The largest absolute Gasteiger partial charge is 0.440 e. The average molecular weight is 410 g/mol. The molecule has 0 bridgehead atoms. The second-order valence-electron chi connectivity index (χ2n) is 7.23. The Labute approximate surface area is 170 Å². The molecular weight excluding hydrogens is 392 g/mol. The summed E-state index contributed by atoms with van der Waals surface area (Å²) in [4.78, 5) is 46.0. The fourth-order valence-electron chi connectivity index (χ4n) is 3.81. The molecule has 0 saturated heterocycles. The van der Waals surface area contributed by atoms with Crippen LogP contribution in [0.1, 0.15) is 26.7 Å². The van der Waals surface area contributed by atoms with E-state index in [2.05, 4.69) is 10.3 Å². The fraction of sp³-hybridized carbons (Fsp3) is 0.300. The summed E-state index contributed by atoms with van der Waals surface area (Å²) in [7, 11) is 1.63. The Kier molecular flexibility index (Phi) is 4.13. The average Bonchev–Trinajstić information content (AvgIpc) is 3.23. The Bertz CT molecular complexity index is 1130. The van der Waals surface area contributed by atoms with Crippen LogP contribution in [0.15, 0.2) is 28.7 Å². The summed E-state index contributed by atoms with van der Waals surface area (Å²) < 4.78 is 5.66. The van der Waals surface area contributed by atoms with Crippen LogP contribution >= 0.6 is 11.3 Å². The van der Waals surface area contributed by atoms with Gasteiger partial charge < -0.3 is 19.5 Å². The Morgan fingerprint density at radius 3 is 2.93 bits per heavy atom. The second kappa shape index (κ2) is 6.70. The number of hydrogen-bond acceptors (Lipinski definition) is 6. The summed E-state index contributed by atoms with van der Waals surface area (Å²) in [6.45, 7) is 0.975. The van der Waals surface area contributed by atoms with Gasteiger partial charge in [-0.2, -0.15) is 0 Å². The van der Waals surface area contributed by atoms with Gasteiger partial charge in [-0.1, -0.05) is 12.1 Å². The van der Waals surface area contributed by atoms with Crippen molar-refractivity contribution >= 4 is 45.2 Å². The standard InChI is InChI=1S/C20H18N4O4S/c1-23-10-15(25)22-19-18(20(23)27)11-6-7-24(9-14(11)29-19)17(26)8-16-21-12-4-2-3-5-13(12)28-16/h2-5H,6-10H2,1H3,(H,22,25). The molecule has 1 N–H and O–H groups in total. The molecule has 9 heteroatoms. The molecule has 0 unspecified atom stereocenters. The highest BCUT2D eigenvalue weighted by atomic mass is 32.1. The van der Waals surface area contributed by atoms with Crippen LogP contribution in [0.2, 0.25) is 0 Å². The molecule has 2 aliphatic heterocycles. The van der Waals surface area contributed by atoms with Gasteiger partial charge in [0.1, 0.15) is 16.9 Å². The number of fused-ring (bicyclic) bond motifs is 4. The first-order valence-corrected chi connectivity index (χ1v) is 10.1. The van der Waals surface area contributed by atoms with E-state index in [0.29, 0.717) is 41.5 Å². The first kappa shape index (κ1) is 17.9. The van der Waals surface area contributed by atoms with Gasteiger partial charge in [-0.3, -0.25) is 14.4 Å². The summed E-state index contributed by atoms with van der Waals surface area (Å²) in [5.74, 6) is -0.0319. The van der Waals surface area contributed by atoms with Crippen LogP contribution in [0.5, 0.6) is 0 Å². The van der Waals surface area contributed by atoms with Crippen LogP contribution in [0.3, 0.4) is 0 Å². The third kappa shape index (κ3) is 3.07. The van der Waals surface area contributed by atoms with Crippen molar-refractivity contribution in [3.8, 4) is 0 Å². The van der Waals surface area contributed by atoms with Gasteiger partial charge in [-0.15, -0.1) is 11.3 Å². The third-order valence-electron chi connectivity index (χ3n) is 5.24. The predicted octanol–water partition coefficient (Wildman–Crippen LogP) is 2.04. The number of amides is 3. The molecule has 0 atom stereocenters. The Morgan fingerprint density at radius 2 is 2.10 bits per heavy atom. The lowest BCUT2D eigenvalue weighted by atomic mass is 10.0. The van der Waals surface area contributed by atoms with E-state index < -0.39 is 0 Å². The smallest absolute Gasteiger partial charge is 0.257 e. The summed E-state index contributed by atoms with van der Waals surface area (Å²) >= 11 is 1.38. The molecule has 0 fully saturated rings. The van der Waals surface area contributed by atoms with E-state index in [0.717, 1.165) is 16.0 Å². The van der Waals surface area contributed by atoms with Crippen LogP contribution in [-0.2, 0) is 29.0 Å². The number of nitrogens with zero attached hydrogens (tertiary/aromatic N) is 3. The zero-order valence-corrected chi connectivity index (χ0v) is 16.5. The molecule has 5 rings (SSSR count). The molecular formula is C20H18N4O4S. The number of aromatic nitrogens is 1. The number of benzene rings is 1. The summed E-state index contributed by atoms with van der Waals surface area (Å²) in [5, 5.41) is 3.41. The van der Waals surface area contributed by atoms with E-state index in [9.17, 15) is 14.4 Å². The number of para-hydroxylation sites is 2. The molecule has 0 aliphatic carbocycles. The molecule has 0 spiro atoms. The van der Waals surface area contributed by atoms with Crippen LogP contribution in [-0.4, -0.2) is 52.6 Å². The normalized spacial score (nSPS) is 16.4. The maximum absolute atomic E-state index is 12.8. The molecule has 0 radical (unpaired) electrons. The minimum Gasteiger partial charge on any atom is -0.440 e. The monoisotopic (exact) mass is 410 g/mol. The zero-order valence-electron chi connectivity index (χ0n) is 15.7. The topological polar surface area (TPSA) is 95.8 Å². The minimum atomic E-state index is -0.206. The van der Waals surface area contributed by atoms with Gasteiger partial charge in [-0.25, -0.2) is 4.98 Å². The van der Waals surface area contributed by atoms with Crippen LogP contribution < -0.4 is 5.32 Å². The van der Waals surface area contributed by atoms with Gasteiger partial charge in [0.15, 0.2) is 5.58 Å². The lowest BCUT2D eigenvalue weighted by Crippen LogP contribution is -2.37. The number of anilines is 1. The summed E-state index contributed by atoms with van der Waals surface area (Å²) in [5.41, 5.74) is 2.91. The Hall–Kier alpha value is -3.20. The number of likely N-dealkylation sites (N-methyl/N-ethyl adjacent to an activating group) is 1. The zero-order chi connectivity index (χ0) is 20.1. The lowest BCUT2D eigenvalue weighted by molar-refractivity contribution is -0.131. The lowest BCUT2D eigenvalue weighted by Gasteiger charge is -2.27. The van der Waals surface area contributed by atoms with E-state index in [1.807, 2.05) is 24.3 Å². The first-order valence-electron chi connectivity index (χ1n) is 9.31. The number of nitrogens with one attached hydrogen (secondary N) is 1. The van der Waals surface area contributed by atoms with Crippen molar-refractivity contribution in [2.75, 3.05) is 25.5 Å². The van der Waals surface area contributed by atoms with Crippen molar-refractivity contribution in [1.29, 1.82) is 0 Å². The van der Waals surface area contributed by atoms with Crippen LogP contribution in [0, 0.1) is 0 Å². The van der Waals surface area contributed by atoms with Crippen molar-refractivity contribution < 1.29 is 18.8 Å². The van der Waals surface area contributed by atoms with E-state index in [4.69, 9.17) is 4.42 Å². The SMILES string of the molecule is CN1CC(=O)Nc2sc3c(c2C1=O)CCN(C(=O)Cc1nc2ccccc2o1)C3. The van der Waals surface area contributed by atoms with Gasteiger partial charge in [0, 0.05) is 18.5 Å². The van der Waals surface area contributed by atoms with Crippen molar-refractivity contribution in [3.05, 3.63) is 46.2 Å². The van der Waals surface area contributed by atoms with E-state index >= 15 is 0 Å². The van der Waals surface area contributed by atoms with E-state index in [1.54, 1.807) is 11.9 Å². The molecule has 3 amide bonds. The molecule has 1 aromatic carbocycles. The van der Waals surface area contributed by atoms with Crippen molar-refractivity contribution in [2.24, 2.45) is 0 Å². The molecule has 3 aromatic rings. The van der Waals surface area contributed by atoms with Crippen molar-refractivity contribution in [3.63, 3.8) is 0 Å². The second-order valence-corrected chi connectivity index (χ2v) is 8.34. The maximum Gasteiger partial charge on any atom is 0.257 e. The summed E-state index contributed by atoms with van der Waals surface area (Å²) in [6.07, 6.45) is 0.670. The number of carbonyl (C=O) groups excluding carboxylic acids is 3. The summed E-state index contributed by atoms with van der Waals surface area (Å²) in [6, 6.07) is 7.41. The third-order valence-corrected chi connectivity index (χ3v) is 6.38. The highest BCUT2D eigenvalue weighted by Gasteiger charge is 2.34. The number of oxazole rings is 1. The van der Waals surface area contributed by atoms with Gasteiger partial charge in [0.25, 0.3) is 5.91 Å². The fourth-order valence-corrected chi connectivity index (χ4v) is 5.08. The molecule has 8 nitrogen and oxygen atoms in total. The Morgan fingerprint density at radius 1 is 1.28 bits per heavy atom. The number of thiophene rings is 1. The predicted molar refractivity (Wildman–Crippen MR) is 107 cm³/mol. The van der Waals surface area contributed by atoms with Crippen molar-refractivity contribution in [2.45, 2.75) is 19.4 Å². The number of carbonyl (C=O) groups is 3. The van der Waals surface area contributed by atoms with Gasteiger partial charge >= 0.3 is 0 Å². The minimum absolute atomic E-state index is 0.0458. The van der Waals surface area contributed by atoms with Gasteiger partial charge in [-0.05, 0) is 24.1 Å². The van der Waals surface area contributed by atoms with Crippen LogP contribution in [0.25, 0.3) is 11.1 Å².